The lowest BCUT2D eigenvalue weighted by Gasteiger charge is -2.15. The Balaban J connectivity index is 1.77. The van der Waals surface area contributed by atoms with E-state index in [0.29, 0.717) is 24.6 Å². The molecule has 0 spiro atoms. The molecule has 24 heavy (non-hydrogen) atoms. The lowest BCUT2D eigenvalue weighted by molar-refractivity contribution is 0.240. The third kappa shape index (κ3) is 6.12. The summed E-state index contributed by atoms with van der Waals surface area (Å²) in [5.41, 5.74) is 0.636. The van der Waals surface area contributed by atoms with Crippen molar-refractivity contribution in [2.24, 2.45) is 0 Å². The number of carbonyl (C=O) groups excluding carboxylic acids is 1. The first-order valence-corrected chi connectivity index (χ1v) is 8.53. The maximum absolute atomic E-state index is 12.0. The van der Waals surface area contributed by atoms with Crippen LogP contribution in [0.25, 0.3) is 0 Å². The highest BCUT2D eigenvalue weighted by atomic mass is 79.9. The second-order valence-electron chi connectivity index (χ2n) is 5.35. The summed E-state index contributed by atoms with van der Waals surface area (Å²) in [6.45, 7) is 4.66. The third-order valence-electron chi connectivity index (χ3n) is 2.95. The summed E-state index contributed by atoms with van der Waals surface area (Å²) < 4.78 is 12.2. The molecule has 2 amide bonds. The van der Waals surface area contributed by atoms with E-state index in [-0.39, 0.29) is 12.1 Å². The molecule has 0 saturated heterocycles. The summed E-state index contributed by atoms with van der Waals surface area (Å²) in [7, 11) is 0. The molecule has 5 nitrogen and oxygen atoms in total. The SMILES string of the molecule is CC(C)Oc1ccccc1NC(=O)NCCOc1cccc(Br)c1. The lowest BCUT2D eigenvalue weighted by atomic mass is 10.3. The van der Waals surface area contributed by atoms with Gasteiger partial charge in [0.2, 0.25) is 0 Å². The van der Waals surface area contributed by atoms with Crippen LogP contribution in [0.4, 0.5) is 10.5 Å². The number of benzene rings is 2. The molecule has 6 heteroatoms. The highest BCUT2D eigenvalue weighted by Gasteiger charge is 2.08. The quantitative estimate of drug-likeness (QED) is 0.684. The minimum atomic E-state index is -0.298. The molecule has 0 aliphatic carbocycles. The van der Waals surface area contributed by atoms with Gasteiger partial charge in [-0.05, 0) is 44.2 Å². The number of urea groups is 1. The molecule has 0 atom stereocenters. The van der Waals surface area contributed by atoms with Gasteiger partial charge in [-0.3, -0.25) is 0 Å². The van der Waals surface area contributed by atoms with E-state index in [9.17, 15) is 4.79 Å². The number of carbonyl (C=O) groups is 1. The Labute approximate surface area is 150 Å². The molecule has 0 aromatic heterocycles. The predicted octanol–water partition coefficient (Wildman–Crippen LogP) is 4.44. The van der Waals surface area contributed by atoms with Crippen molar-refractivity contribution in [1.29, 1.82) is 0 Å². The van der Waals surface area contributed by atoms with Crippen molar-refractivity contribution < 1.29 is 14.3 Å². The summed E-state index contributed by atoms with van der Waals surface area (Å²) in [6.07, 6.45) is 0.0367. The molecule has 0 aliphatic heterocycles. The summed E-state index contributed by atoms with van der Waals surface area (Å²) in [5, 5.41) is 5.54. The highest BCUT2D eigenvalue weighted by molar-refractivity contribution is 9.10. The monoisotopic (exact) mass is 392 g/mol. The molecule has 0 unspecified atom stereocenters. The topological polar surface area (TPSA) is 59.6 Å². The Hall–Kier alpha value is -2.21. The van der Waals surface area contributed by atoms with Gasteiger partial charge in [0.25, 0.3) is 0 Å². The minimum Gasteiger partial charge on any atom is -0.492 e. The molecule has 2 aromatic carbocycles. The summed E-state index contributed by atoms with van der Waals surface area (Å²) in [4.78, 5) is 12.0. The highest BCUT2D eigenvalue weighted by Crippen LogP contribution is 2.24. The molecule has 2 N–H and O–H groups in total. The molecule has 0 saturated carbocycles. The molecule has 0 bridgehead atoms. The van der Waals surface area contributed by atoms with Crippen LogP contribution in [-0.2, 0) is 0 Å². The van der Waals surface area contributed by atoms with Crippen LogP contribution in [-0.4, -0.2) is 25.3 Å². The number of hydrogen-bond acceptors (Lipinski definition) is 3. The average molecular weight is 393 g/mol. The maximum Gasteiger partial charge on any atom is 0.319 e. The number of nitrogens with one attached hydrogen (secondary N) is 2. The molecule has 0 aliphatic rings. The fraction of sp³-hybridized carbons (Fsp3) is 0.278. The van der Waals surface area contributed by atoms with Crippen LogP contribution in [0.2, 0.25) is 0 Å². The Morgan fingerprint density at radius 2 is 1.96 bits per heavy atom. The zero-order valence-electron chi connectivity index (χ0n) is 13.7. The molecule has 2 aromatic rings. The van der Waals surface area contributed by atoms with Crippen molar-refractivity contribution in [3.8, 4) is 11.5 Å². The van der Waals surface area contributed by atoms with E-state index in [1.807, 2.05) is 56.3 Å². The van der Waals surface area contributed by atoms with Crippen LogP contribution in [0.5, 0.6) is 11.5 Å². The second-order valence-corrected chi connectivity index (χ2v) is 6.27. The lowest BCUT2D eigenvalue weighted by Crippen LogP contribution is -2.32. The second kappa shape index (κ2) is 9.17. The molecular formula is C18H21BrN2O3. The summed E-state index contributed by atoms with van der Waals surface area (Å²) in [5.74, 6) is 1.40. The van der Waals surface area contributed by atoms with Gasteiger partial charge in [-0.1, -0.05) is 34.1 Å². The van der Waals surface area contributed by atoms with Crippen molar-refractivity contribution in [1.82, 2.24) is 5.32 Å². The van der Waals surface area contributed by atoms with Gasteiger partial charge in [-0.25, -0.2) is 4.79 Å². The zero-order valence-corrected chi connectivity index (χ0v) is 15.3. The van der Waals surface area contributed by atoms with Gasteiger partial charge in [0, 0.05) is 4.47 Å². The van der Waals surface area contributed by atoms with E-state index >= 15 is 0 Å². The zero-order chi connectivity index (χ0) is 17.4. The fourth-order valence-corrected chi connectivity index (χ4v) is 2.36. The third-order valence-corrected chi connectivity index (χ3v) is 3.44. The number of para-hydroxylation sites is 2. The van der Waals surface area contributed by atoms with Gasteiger partial charge < -0.3 is 20.1 Å². The van der Waals surface area contributed by atoms with E-state index in [0.717, 1.165) is 10.2 Å². The van der Waals surface area contributed by atoms with Gasteiger partial charge in [-0.15, -0.1) is 0 Å². The average Bonchev–Trinajstić information content (AvgIpc) is 2.53. The first-order chi connectivity index (χ1) is 11.5. The van der Waals surface area contributed by atoms with Crippen molar-refractivity contribution in [2.75, 3.05) is 18.5 Å². The Bertz CT molecular complexity index is 677. The van der Waals surface area contributed by atoms with E-state index < -0.39 is 0 Å². The minimum absolute atomic E-state index is 0.0367. The maximum atomic E-state index is 12.0. The molecule has 128 valence electrons. The van der Waals surface area contributed by atoms with Crippen molar-refractivity contribution >= 4 is 27.6 Å². The first kappa shape index (κ1) is 18.1. The van der Waals surface area contributed by atoms with Crippen molar-refractivity contribution in [3.63, 3.8) is 0 Å². The van der Waals surface area contributed by atoms with Crippen LogP contribution in [0.15, 0.2) is 53.0 Å². The Morgan fingerprint density at radius 3 is 2.71 bits per heavy atom. The summed E-state index contributed by atoms with van der Waals surface area (Å²) >= 11 is 3.38. The first-order valence-electron chi connectivity index (χ1n) is 7.73. The van der Waals surface area contributed by atoms with Crippen LogP contribution in [0, 0.1) is 0 Å². The smallest absolute Gasteiger partial charge is 0.319 e. The number of anilines is 1. The van der Waals surface area contributed by atoms with Gasteiger partial charge in [0.15, 0.2) is 0 Å². The number of ether oxygens (including phenoxy) is 2. The number of amides is 2. The predicted molar refractivity (Wildman–Crippen MR) is 98.9 cm³/mol. The fourth-order valence-electron chi connectivity index (χ4n) is 1.98. The van der Waals surface area contributed by atoms with E-state index in [4.69, 9.17) is 9.47 Å². The Kier molecular flexibility index (Phi) is 6.93. The van der Waals surface area contributed by atoms with Crippen LogP contribution in [0.1, 0.15) is 13.8 Å². The van der Waals surface area contributed by atoms with Crippen molar-refractivity contribution in [2.45, 2.75) is 20.0 Å². The number of hydrogen-bond donors (Lipinski definition) is 2. The van der Waals surface area contributed by atoms with Gasteiger partial charge >= 0.3 is 6.03 Å². The van der Waals surface area contributed by atoms with Gasteiger partial charge in [-0.2, -0.15) is 0 Å². The van der Waals surface area contributed by atoms with Crippen LogP contribution >= 0.6 is 15.9 Å². The van der Waals surface area contributed by atoms with Gasteiger partial charge in [0.05, 0.1) is 18.3 Å². The normalized spacial score (nSPS) is 10.3. The van der Waals surface area contributed by atoms with E-state index in [1.54, 1.807) is 6.07 Å². The Morgan fingerprint density at radius 1 is 1.17 bits per heavy atom. The molecule has 0 heterocycles. The standard InChI is InChI=1S/C18H21BrN2O3/c1-13(2)24-17-9-4-3-8-16(17)21-18(22)20-10-11-23-15-7-5-6-14(19)12-15/h3-9,12-13H,10-11H2,1-2H3,(H2,20,21,22). The van der Waals surface area contributed by atoms with Gasteiger partial charge in [0.1, 0.15) is 18.1 Å². The molecule has 0 radical (unpaired) electrons. The molecule has 0 fully saturated rings. The van der Waals surface area contributed by atoms with Crippen LogP contribution < -0.4 is 20.1 Å². The molecule has 2 rings (SSSR count). The van der Waals surface area contributed by atoms with Crippen molar-refractivity contribution in [3.05, 3.63) is 53.0 Å². The van der Waals surface area contributed by atoms with Crippen LogP contribution in [0.3, 0.4) is 0 Å². The number of rotatable bonds is 7. The van der Waals surface area contributed by atoms with E-state index in [2.05, 4.69) is 26.6 Å². The molecular weight excluding hydrogens is 372 g/mol. The van der Waals surface area contributed by atoms with E-state index in [1.165, 1.54) is 0 Å². The largest absolute Gasteiger partial charge is 0.492 e. The number of halogens is 1. The summed E-state index contributed by atoms with van der Waals surface area (Å²) in [6, 6.07) is 14.6.